The fourth-order valence-electron chi connectivity index (χ4n) is 1.98. The molecular weight excluding hydrogens is 228 g/mol. The van der Waals surface area contributed by atoms with E-state index in [1.54, 1.807) is 6.21 Å². The van der Waals surface area contributed by atoms with Crippen molar-refractivity contribution in [2.45, 2.75) is 5.37 Å². The van der Waals surface area contributed by atoms with Crippen molar-refractivity contribution in [3.8, 4) is 0 Å². The van der Waals surface area contributed by atoms with Gasteiger partial charge in [0.1, 0.15) is 5.37 Å². The maximum absolute atomic E-state index is 8.00. The Labute approximate surface area is 103 Å². The van der Waals surface area contributed by atoms with Crippen LogP contribution in [0.15, 0.2) is 58.9 Å². The van der Waals surface area contributed by atoms with E-state index in [0.717, 1.165) is 5.56 Å². The standard InChI is InChI=1S/C14H12N2S/c15-17-9-3-8-16-14(17)13-7-6-11-4-1-2-5-12(11)10-13/h1-10,14-15H. The van der Waals surface area contributed by atoms with Gasteiger partial charge in [-0.05, 0) is 33.9 Å². The molecule has 84 valence electrons. The summed E-state index contributed by atoms with van der Waals surface area (Å²) in [4.78, 5) is 4.40. The molecule has 0 saturated carbocycles. The number of nitrogens with zero attached hydrogens (tertiary/aromatic N) is 1. The van der Waals surface area contributed by atoms with Crippen molar-refractivity contribution in [1.29, 1.82) is 4.78 Å². The third-order valence-electron chi connectivity index (χ3n) is 2.83. The molecule has 3 rings (SSSR count). The Morgan fingerprint density at radius 3 is 2.71 bits per heavy atom. The fourth-order valence-corrected chi connectivity index (χ4v) is 3.01. The van der Waals surface area contributed by atoms with Gasteiger partial charge in [-0.25, -0.2) is 0 Å². The van der Waals surface area contributed by atoms with Crippen LogP contribution in [0.3, 0.4) is 0 Å². The second-order valence-electron chi connectivity index (χ2n) is 3.96. The molecule has 3 heteroatoms. The minimum absolute atomic E-state index is 0.0374. The zero-order valence-corrected chi connectivity index (χ0v) is 10.0. The molecule has 1 heterocycles. The Bertz CT molecular complexity index is 643. The highest BCUT2D eigenvalue weighted by Crippen LogP contribution is 2.27. The molecule has 0 amide bonds. The number of rotatable bonds is 1. The van der Waals surface area contributed by atoms with Crippen LogP contribution >= 0.6 is 0 Å². The average Bonchev–Trinajstić information content (AvgIpc) is 2.39. The summed E-state index contributed by atoms with van der Waals surface area (Å²) in [5, 5.41) is 4.32. The van der Waals surface area contributed by atoms with Crippen molar-refractivity contribution in [3.05, 3.63) is 59.5 Å². The first-order chi connectivity index (χ1) is 8.34. The van der Waals surface area contributed by atoms with Gasteiger partial charge in [0, 0.05) is 6.21 Å². The number of hydrogen-bond donors (Lipinski definition) is 1. The maximum Gasteiger partial charge on any atom is 0.134 e. The number of nitrogens with one attached hydrogen (secondary N) is 1. The molecule has 0 saturated heterocycles. The number of benzene rings is 2. The predicted molar refractivity (Wildman–Crippen MR) is 74.4 cm³/mol. The van der Waals surface area contributed by atoms with Gasteiger partial charge in [-0.1, -0.05) is 47.1 Å². The van der Waals surface area contributed by atoms with Gasteiger partial charge in [-0.15, -0.1) is 0 Å². The first kappa shape index (κ1) is 10.4. The topological polar surface area (TPSA) is 36.2 Å². The van der Waals surface area contributed by atoms with Crippen molar-refractivity contribution in [3.63, 3.8) is 0 Å². The normalized spacial score (nSPS) is 23.1. The molecule has 0 radical (unpaired) electrons. The summed E-state index contributed by atoms with van der Waals surface area (Å²) in [5.41, 5.74) is 1.13. The van der Waals surface area contributed by atoms with E-state index < -0.39 is 10.7 Å². The van der Waals surface area contributed by atoms with E-state index in [1.165, 1.54) is 10.8 Å². The summed E-state index contributed by atoms with van der Waals surface area (Å²) in [6.45, 7) is 0. The molecule has 0 aliphatic carbocycles. The molecule has 1 aliphatic rings. The van der Waals surface area contributed by atoms with Crippen LogP contribution in [0.25, 0.3) is 10.8 Å². The Morgan fingerprint density at radius 2 is 1.88 bits per heavy atom. The lowest BCUT2D eigenvalue weighted by atomic mass is 10.1. The van der Waals surface area contributed by atoms with E-state index in [9.17, 15) is 0 Å². The molecule has 2 aromatic rings. The van der Waals surface area contributed by atoms with E-state index in [4.69, 9.17) is 4.78 Å². The summed E-state index contributed by atoms with van der Waals surface area (Å²) < 4.78 is 8.00. The summed E-state index contributed by atoms with van der Waals surface area (Å²) in [5.74, 6) is 0. The predicted octanol–water partition coefficient (Wildman–Crippen LogP) is 3.82. The van der Waals surface area contributed by atoms with Crippen molar-refractivity contribution in [2.75, 3.05) is 0 Å². The fraction of sp³-hybridized carbons (Fsp3) is 0.0714. The van der Waals surface area contributed by atoms with Gasteiger partial charge in [-0.2, -0.15) is 0 Å². The molecule has 2 nitrogen and oxygen atoms in total. The SMILES string of the molecule is N=S1C=CC=NC1c1ccc2ccccc2c1. The summed E-state index contributed by atoms with van der Waals surface area (Å²) in [6.07, 6.45) is 3.64. The van der Waals surface area contributed by atoms with E-state index in [1.807, 2.05) is 23.6 Å². The highest BCUT2D eigenvalue weighted by atomic mass is 32.2. The monoisotopic (exact) mass is 240 g/mol. The molecule has 2 aromatic carbocycles. The van der Waals surface area contributed by atoms with E-state index in [0.29, 0.717) is 0 Å². The van der Waals surface area contributed by atoms with Crippen LogP contribution in [-0.4, -0.2) is 6.21 Å². The second-order valence-corrected chi connectivity index (χ2v) is 5.42. The highest BCUT2D eigenvalue weighted by Gasteiger charge is 2.14. The second kappa shape index (κ2) is 4.26. The third-order valence-corrected chi connectivity index (χ3v) is 4.16. The summed E-state index contributed by atoms with van der Waals surface area (Å²) >= 11 is 0. The summed E-state index contributed by atoms with van der Waals surface area (Å²) in [6, 6.07) is 14.6. The molecule has 2 unspecified atom stereocenters. The largest absolute Gasteiger partial charge is 0.274 e. The Kier molecular flexibility index (Phi) is 2.61. The zero-order valence-electron chi connectivity index (χ0n) is 9.21. The molecule has 0 bridgehead atoms. The lowest BCUT2D eigenvalue weighted by Gasteiger charge is -2.15. The molecule has 0 aromatic heterocycles. The summed E-state index contributed by atoms with van der Waals surface area (Å²) in [7, 11) is -0.550. The van der Waals surface area contributed by atoms with Crippen LogP contribution < -0.4 is 0 Å². The maximum atomic E-state index is 8.00. The lowest BCUT2D eigenvalue weighted by molar-refractivity contribution is 1.03. The van der Waals surface area contributed by atoms with Gasteiger partial charge in [0.15, 0.2) is 0 Å². The van der Waals surface area contributed by atoms with Crippen molar-refractivity contribution in [1.82, 2.24) is 0 Å². The first-order valence-electron chi connectivity index (χ1n) is 5.46. The van der Waals surface area contributed by atoms with Gasteiger partial charge < -0.3 is 0 Å². The molecular formula is C14H12N2S. The van der Waals surface area contributed by atoms with Crippen LogP contribution in [0, 0.1) is 4.78 Å². The molecule has 0 spiro atoms. The number of aliphatic imine (C=N–C) groups is 1. The lowest BCUT2D eigenvalue weighted by Crippen LogP contribution is -2.03. The highest BCUT2D eigenvalue weighted by molar-refractivity contribution is 7.89. The third kappa shape index (κ3) is 1.94. The minimum Gasteiger partial charge on any atom is -0.274 e. The zero-order chi connectivity index (χ0) is 11.7. The van der Waals surface area contributed by atoms with Crippen molar-refractivity contribution in [2.24, 2.45) is 4.99 Å². The Hall–Kier alpha value is -1.74. The van der Waals surface area contributed by atoms with Crippen molar-refractivity contribution >= 4 is 27.7 Å². The number of hydrogen-bond acceptors (Lipinski definition) is 2. The van der Waals surface area contributed by atoms with E-state index >= 15 is 0 Å². The quantitative estimate of drug-likeness (QED) is 0.786. The van der Waals surface area contributed by atoms with Crippen LogP contribution in [0.5, 0.6) is 0 Å². The molecule has 17 heavy (non-hydrogen) atoms. The smallest absolute Gasteiger partial charge is 0.134 e. The number of fused-ring (bicyclic) bond motifs is 1. The molecule has 1 N–H and O–H groups in total. The van der Waals surface area contributed by atoms with Crippen LogP contribution in [-0.2, 0) is 10.7 Å². The van der Waals surface area contributed by atoms with Gasteiger partial charge in [-0.3, -0.25) is 9.77 Å². The van der Waals surface area contributed by atoms with E-state index in [-0.39, 0.29) is 5.37 Å². The van der Waals surface area contributed by atoms with Gasteiger partial charge in [0.25, 0.3) is 0 Å². The van der Waals surface area contributed by atoms with Crippen LogP contribution in [0.2, 0.25) is 0 Å². The average molecular weight is 240 g/mol. The Balaban J connectivity index is 2.09. The van der Waals surface area contributed by atoms with Crippen LogP contribution in [0.4, 0.5) is 0 Å². The Morgan fingerprint density at radius 1 is 1.06 bits per heavy atom. The van der Waals surface area contributed by atoms with Gasteiger partial charge >= 0.3 is 0 Å². The van der Waals surface area contributed by atoms with Gasteiger partial charge in [0.05, 0.1) is 0 Å². The van der Waals surface area contributed by atoms with Crippen LogP contribution in [0.1, 0.15) is 10.9 Å². The molecule has 0 fully saturated rings. The van der Waals surface area contributed by atoms with Gasteiger partial charge in [0.2, 0.25) is 0 Å². The van der Waals surface area contributed by atoms with E-state index in [2.05, 4.69) is 35.3 Å². The minimum atomic E-state index is -0.550. The first-order valence-corrected chi connectivity index (χ1v) is 6.81. The molecule has 1 aliphatic heterocycles. The molecule has 2 atom stereocenters. The van der Waals surface area contributed by atoms with Crippen molar-refractivity contribution < 1.29 is 0 Å². The number of allylic oxidation sites excluding steroid dienone is 1.